The predicted molar refractivity (Wildman–Crippen MR) is 48.8 cm³/mol. The number of pyridine rings is 1. The van der Waals surface area contributed by atoms with Crippen molar-refractivity contribution in [2.45, 2.75) is 11.3 Å². The molecule has 0 saturated heterocycles. The van der Waals surface area contributed by atoms with Crippen LogP contribution in [0, 0.1) is 0 Å². The second kappa shape index (κ2) is 4.18. The molecule has 1 rings (SSSR count). The lowest BCUT2D eigenvalue weighted by molar-refractivity contribution is 0.144. The highest BCUT2D eigenvalue weighted by Gasteiger charge is 2.23. The first kappa shape index (κ1) is 12.6. The number of aromatic nitrogens is 1. The Hall–Kier alpha value is -1.48. The number of nitrogens with two attached hydrogens (primary N) is 1. The Morgan fingerprint density at radius 1 is 1.56 bits per heavy atom. The number of nitrogens with zero attached hydrogens (tertiary/aromatic N) is 1. The van der Waals surface area contributed by atoms with Gasteiger partial charge in [-0.05, 0) is 6.07 Å². The highest BCUT2D eigenvalue weighted by Crippen LogP contribution is 2.33. The average Bonchev–Trinajstić information content (AvgIpc) is 2.15. The van der Waals surface area contributed by atoms with Gasteiger partial charge in [0.1, 0.15) is 10.6 Å². The fourth-order valence-electron chi connectivity index (χ4n) is 0.982. The van der Waals surface area contributed by atoms with Crippen LogP contribution in [0.3, 0.4) is 0 Å². The average molecular weight is 254 g/mol. The number of ether oxygens (including phenoxy) is 1. The van der Waals surface area contributed by atoms with Gasteiger partial charge in [0.05, 0.1) is 7.11 Å². The minimum Gasteiger partial charge on any atom is -0.502 e. The van der Waals surface area contributed by atoms with Gasteiger partial charge in [0, 0.05) is 0 Å². The summed E-state index contributed by atoms with van der Waals surface area (Å²) in [5, 5.41) is 14.1. The maximum atomic E-state index is 12.3. The van der Waals surface area contributed by atoms with Crippen molar-refractivity contribution in [3.63, 3.8) is 0 Å². The van der Waals surface area contributed by atoms with Crippen molar-refractivity contribution in [2.75, 3.05) is 7.11 Å². The zero-order chi connectivity index (χ0) is 12.5. The second-order valence-electron chi connectivity index (χ2n) is 2.75. The van der Waals surface area contributed by atoms with E-state index in [4.69, 9.17) is 5.14 Å². The third-order valence-corrected chi connectivity index (χ3v) is 2.59. The van der Waals surface area contributed by atoms with E-state index in [1.165, 1.54) is 0 Å². The van der Waals surface area contributed by atoms with Crippen molar-refractivity contribution in [3.05, 3.63) is 11.8 Å². The summed E-state index contributed by atoms with van der Waals surface area (Å²) in [5.74, 6) is -1.52. The van der Waals surface area contributed by atoms with Crippen LogP contribution in [0.25, 0.3) is 0 Å². The Morgan fingerprint density at radius 2 is 2.12 bits per heavy atom. The molecule has 0 bridgehead atoms. The molecular weight excluding hydrogens is 246 g/mol. The van der Waals surface area contributed by atoms with E-state index in [1.807, 2.05) is 0 Å². The van der Waals surface area contributed by atoms with Gasteiger partial charge in [-0.1, -0.05) is 0 Å². The first-order valence-electron chi connectivity index (χ1n) is 3.86. The van der Waals surface area contributed by atoms with Crippen molar-refractivity contribution < 1.29 is 27.0 Å². The van der Waals surface area contributed by atoms with Gasteiger partial charge in [-0.15, -0.1) is 0 Å². The van der Waals surface area contributed by atoms with Gasteiger partial charge >= 0.3 is 0 Å². The van der Waals surface area contributed by atoms with Crippen LogP contribution in [-0.4, -0.2) is 25.6 Å². The lowest BCUT2D eigenvalue weighted by Gasteiger charge is -2.08. The van der Waals surface area contributed by atoms with E-state index in [9.17, 15) is 22.3 Å². The number of hydrogen-bond donors (Lipinski definition) is 2. The van der Waals surface area contributed by atoms with Crippen molar-refractivity contribution in [3.8, 4) is 11.6 Å². The minimum absolute atomic E-state index is 0.498. The Kier molecular flexibility index (Phi) is 3.29. The Bertz CT molecular complexity index is 503. The molecule has 0 spiro atoms. The summed E-state index contributed by atoms with van der Waals surface area (Å²) in [5.41, 5.74) is -0.848. The highest BCUT2D eigenvalue weighted by atomic mass is 32.2. The Balaban J connectivity index is 3.55. The maximum absolute atomic E-state index is 12.3. The van der Waals surface area contributed by atoms with Crippen LogP contribution in [0.15, 0.2) is 11.0 Å². The summed E-state index contributed by atoms with van der Waals surface area (Å²) >= 11 is 0. The SMILES string of the molecule is COc1nc(C(F)F)cc(S(N)(=O)=O)c1O. The molecule has 3 N–H and O–H groups in total. The second-order valence-corrected chi connectivity index (χ2v) is 4.28. The van der Waals surface area contributed by atoms with Crippen molar-refractivity contribution in [1.29, 1.82) is 0 Å². The van der Waals surface area contributed by atoms with Gasteiger partial charge in [-0.25, -0.2) is 27.3 Å². The number of rotatable bonds is 3. The van der Waals surface area contributed by atoms with Crippen LogP contribution in [0.1, 0.15) is 12.1 Å². The number of primary sulfonamides is 1. The topological polar surface area (TPSA) is 103 Å². The molecule has 0 amide bonds. The molecule has 9 heteroatoms. The number of hydrogen-bond acceptors (Lipinski definition) is 5. The molecule has 0 aliphatic carbocycles. The summed E-state index contributed by atoms with van der Waals surface area (Å²) < 4.78 is 51.1. The molecule has 0 atom stereocenters. The minimum atomic E-state index is -4.33. The van der Waals surface area contributed by atoms with Crippen LogP contribution in [0.2, 0.25) is 0 Å². The van der Waals surface area contributed by atoms with Crippen molar-refractivity contribution >= 4 is 10.0 Å². The molecule has 0 fully saturated rings. The number of aromatic hydroxyl groups is 1. The zero-order valence-corrected chi connectivity index (χ0v) is 8.83. The largest absolute Gasteiger partial charge is 0.502 e. The van der Waals surface area contributed by atoms with E-state index in [0.29, 0.717) is 6.07 Å². The van der Waals surface area contributed by atoms with Gasteiger partial charge in [0.15, 0.2) is 5.75 Å². The standard InChI is InChI=1S/C7H8F2N2O4S/c1-15-7-5(12)4(16(10,13)14)2-3(11-7)6(8)9/h2,6,12H,1H3,(H2,10,13,14). The zero-order valence-electron chi connectivity index (χ0n) is 8.02. The predicted octanol–water partition coefficient (Wildman–Crippen LogP) is 0.381. The maximum Gasteiger partial charge on any atom is 0.280 e. The normalized spacial score (nSPS) is 11.8. The first-order chi connectivity index (χ1) is 7.27. The van der Waals surface area contributed by atoms with Crippen LogP contribution < -0.4 is 9.88 Å². The van der Waals surface area contributed by atoms with E-state index < -0.39 is 38.7 Å². The van der Waals surface area contributed by atoms with Crippen molar-refractivity contribution in [1.82, 2.24) is 4.98 Å². The summed E-state index contributed by atoms with van der Waals surface area (Å²) in [7, 11) is -3.28. The van der Waals surface area contributed by atoms with E-state index in [0.717, 1.165) is 7.11 Å². The molecule has 6 nitrogen and oxygen atoms in total. The van der Waals surface area contributed by atoms with Crippen LogP contribution in [0.4, 0.5) is 8.78 Å². The highest BCUT2D eigenvalue weighted by molar-refractivity contribution is 7.89. The van der Waals surface area contributed by atoms with E-state index in [1.54, 1.807) is 0 Å². The molecule has 0 saturated carbocycles. The molecule has 16 heavy (non-hydrogen) atoms. The van der Waals surface area contributed by atoms with Crippen LogP contribution >= 0.6 is 0 Å². The first-order valence-corrected chi connectivity index (χ1v) is 5.41. The number of methoxy groups -OCH3 is 1. The van der Waals surface area contributed by atoms with E-state index in [-0.39, 0.29) is 0 Å². The summed E-state index contributed by atoms with van der Waals surface area (Å²) in [6.07, 6.45) is -3.00. The van der Waals surface area contributed by atoms with Crippen LogP contribution in [0.5, 0.6) is 11.6 Å². The Labute approximate surface area is 89.7 Å². The van der Waals surface area contributed by atoms with E-state index >= 15 is 0 Å². The molecule has 0 aliphatic rings. The summed E-state index contributed by atoms with van der Waals surface area (Å²) in [6, 6.07) is 0.498. The lowest BCUT2D eigenvalue weighted by Crippen LogP contribution is -2.14. The molecule has 0 radical (unpaired) electrons. The quantitative estimate of drug-likeness (QED) is 0.811. The number of halogens is 2. The molecule has 0 aromatic carbocycles. The molecule has 90 valence electrons. The van der Waals surface area contributed by atoms with Gasteiger partial charge in [-0.3, -0.25) is 0 Å². The molecular formula is C7H8F2N2O4S. The monoisotopic (exact) mass is 254 g/mol. The van der Waals surface area contributed by atoms with Gasteiger partial charge in [0.25, 0.3) is 12.3 Å². The number of alkyl halides is 2. The smallest absolute Gasteiger partial charge is 0.280 e. The lowest BCUT2D eigenvalue weighted by atomic mass is 10.3. The molecule has 1 aromatic rings. The number of sulfonamides is 1. The molecule has 1 heterocycles. The third-order valence-electron chi connectivity index (χ3n) is 1.67. The van der Waals surface area contributed by atoms with Gasteiger partial charge in [-0.2, -0.15) is 0 Å². The Morgan fingerprint density at radius 3 is 2.50 bits per heavy atom. The van der Waals surface area contributed by atoms with Gasteiger partial charge in [0.2, 0.25) is 10.0 Å². The summed E-state index contributed by atoms with van der Waals surface area (Å²) in [4.78, 5) is 2.37. The summed E-state index contributed by atoms with van der Waals surface area (Å²) in [6.45, 7) is 0. The van der Waals surface area contributed by atoms with E-state index in [2.05, 4.69) is 9.72 Å². The molecule has 0 unspecified atom stereocenters. The van der Waals surface area contributed by atoms with Crippen molar-refractivity contribution in [2.24, 2.45) is 5.14 Å². The fourth-order valence-corrected chi connectivity index (χ4v) is 1.62. The third kappa shape index (κ3) is 2.36. The van der Waals surface area contributed by atoms with Crippen LogP contribution in [-0.2, 0) is 10.0 Å². The molecule has 0 aliphatic heterocycles. The fraction of sp³-hybridized carbons (Fsp3) is 0.286. The van der Waals surface area contributed by atoms with Gasteiger partial charge < -0.3 is 9.84 Å². The molecule has 1 aromatic heterocycles.